The van der Waals surface area contributed by atoms with Crippen LogP contribution < -0.4 is 0 Å². The Morgan fingerprint density at radius 3 is 0.857 bits per heavy atom. The molecule has 3 N–H and O–H groups in total. The van der Waals surface area contributed by atoms with Crippen LogP contribution in [0.2, 0.25) is 0 Å². The van der Waals surface area contributed by atoms with Crippen LogP contribution in [0.5, 0.6) is 0 Å². The molecule has 0 spiro atoms. The lowest BCUT2D eigenvalue weighted by Gasteiger charge is -2.21. The lowest BCUT2D eigenvalue weighted by Crippen LogP contribution is -2.30. The second kappa shape index (κ2) is 71.9. The number of phosphoric ester groups is 2. The highest BCUT2D eigenvalue weighted by atomic mass is 31.2. The first kappa shape index (κ1) is 94.5. The average Bonchev–Trinajstić information content (AvgIpc) is 1.04. The molecule has 570 valence electrons. The van der Waals surface area contributed by atoms with Crippen molar-refractivity contribution in [3.63, 3.8) is 0 Å². The number of hydrogen-bond acceptors (Lipinski definition) is 15. The van der Waals surface area contributed by atoms with E-state index in [9.17, 15) is 43.2 Å². The second-order valence-electron chi connectivity index (χ2n) is 26.3. The minimum Gasteiger partial charge on any atom is -0.462 e. The number of unbranched alkanes of at least 4 members (excludes halogenated alkanes) is 37. The monoisotopic (exact) mass is 1420 g/mol. The van der Waals surface area contributed by atoms with E-state index in [1.54, 1.807) is 0 Å². The number of hydrogen-bond donors (Lipinski definition) is 3. The average molecular weight is 1430 g/mol. The van der Waals surface area contributed by atoms with Gasteiger partial charge in [-0.05, 0) is 135 Å². The molecule has 2 unspecified atom stereocenters. The maximum atomic E-state index is 13.1. The van der Waals surface area contributed by atoms with E-state index in [4.69, 9.17) is 37.0 Å². The number of carbonyl (C=O) groups is 4. The molecule has 98 heavy (non-hydrogen) atoms. The minimum absolute atomic E-state index is 0.0780. The van der Waals surface area contributed by atoms with Gasteiger partial charge in [-0.25, -0.2) is 9.13 Å². The highest BCUT2D eigenvalue weighted by Gasteiger charge is 2.30. The van der Waals surface area contributed by atoms with Crippen molar-refractivity contribution in [3.05, 3.63) is 72.9 Å². The summed E-state index contributed by atoms with van der Waals surface area (Å²) in [5, 5.41) is 10.6. The molecule has 19 heteroatoms. The molecule has 0 radical (unpaired) electrons. The first-order chi connectivity index (χ1) is 47.7. The van der Waals surface area contributed by atoms with Crippen LogP contribution in [-0.2, 0) is 65.4 Å². The van der Waals surface area contributed by atoms with Crippen LogP contribution in [0.1, 0.15) is 349 Å². The molecule has 0 saturated carbocycles. The van der Waals surface area contributed by atoms with Crippen LogP contribution in [-0.4, -0.2) is 96.7 Å². The fraction of sp³-hybridized carbons (Fsp3) is 0.797. The Hall–Kier alpha value is -3.50. The lowest BCUT2D eigenvalue weighted by molar-refractivity contribution is -0.161. The molecule has 0 aromatic carbocycles. The number of aliphatic hydroxyl groups is 1. The fourth-order valence-corrected chi connectivity index (χ4v) is 12.2. The van der Waals surface area contributed by atoms with Gasteiger partial charge in [-0.2, -0.15) is 0 Å². The molecule has 0 rings (SSSR count). The molecule has 0 aliphatic carbocycles. The van der Waals surface area contributed by atoms with Crippen LogP contribution in [0.3, 0.4) is 0 Å². The van der Waals surface area contributed by atoms with Gasteiger partial charge in [0.2, 0.25) is 0 Å². The van der Waals surface area contributed by atoms with E-state index >= 15 is 0 Å². The highest BCUT2D eigenvalue weighted by Crippen LogP contribution is 2.45. The van der Waals surface area contributed by atoms with Gasteiger partial charge in [0.25, 0.3) is 0 Å². The molecule has 0 aromatic rings. The highest BCUT2D eigenvalue weighted by molar-refractivity contribution is 7.47. The van der Waals surface area contributed by atoms with E-state index in [0.29, 0.717) is 25.7 Å². The topological polar surface area (TPSA) is 237 Å². The zero-order chi connectivity index (χ0) is 71.8. The summed E-state index contributed by atoms with van der Waals surface area (Å²) in [6.07, 6.45) is 71.6. The summed E-state index contributed by atoms with van der Waals surface area (Å²) in [5.41, 5.74) is 0. The lowest BCUT2D eigenvalue weighted by atomic mass is 10.1. The number of aliphatic hydroxyl groups excluding tert-OH is 1. The van der Waals surface area contributed by atoms with Crippen LogP contribution in [0, 0.1) is 0 Å². The Morgan fingerprint density at radius 1 is 0.296 bits per heavy atom. The Kier molecular flexibility index (Phi) is 69.3. The standard InChI is InChI=1S/C79H142O17P2/c1-5-9-13-17-21-25-29-33-36-40-44-48-52-56-60-64-77(82)90-70-75(96-79(84)66-62-58-54-50-46-42-38-35-31-27-23-19-15-11-7-3)72-94-98(87,88)92-68-73(80)67-91-97(85,86)93-71-74(69-89-76(81)63-59-55-51-47-43-39-32-28-24-20-16-12-8-4)95-78(83)65-61-57-53-49-45-41-37-34-30-26-22-18-14-10-6-2/h23,26-28,30,32-38,73-75,80H,5-22,24-25,29,31,39-72H2,1-4H3,(H,85,86)(H,87,88)/b27-23-,30-26-,32-28-,36-33-,37-34-,38-35-/t73-,74+,75+/m0/s1. The van der Waals surface area contributed by atoms with Gasteiger partial charge in [-0.3, -0.25) is 37.3 Å². The third-order valence-corrected chi connectivity index (χ3v) is 18.5. The zero-order valence-corrected chi connectivity index (χ0v) is 64.0. The van der Waals surface area contributed by atoms with Crippen LogP contribution >= 0.6 is 15.6 Å². The summed E-state index contributed by atoms with van der Waals surface area (Å²) in [6.45, 7) is 4.80. The van der Waals surface area contributed by atoms with E-state index in [1.807, 2.05) is 0 Å². The number of phosphoric acid groups is 2. The van der Waals surface area contributed by atoms with Crippen LogP contribution in [0.4, 0.5) is 0 Å². The molecule has 0 heterocycles. The molecule has 0 fully saturated rings. The maximum absolute atomic E-state index is 13.1. The summed E-state index contributed by atoms with van der Waals surface area (Å²) in [4.78, 5) is 72.9. The van der Waals surface area contributed by atoms with Crippen molar-refractivity contribution in [2.24, 2.45) is 0 Å². The molecule has 0 bridgehead atoms. The summed E-state index contributed by atoms with van der Waals surface area (Å²) < 4.78 is 68.5. The molecule has 5 atom stereocenters. The molecular weight excluding hydrogens is 1280 g/mol. The van der Waals surface area contributed by atoms with Gasteiger partial charge in [-0.1, -0.05) is 261 Å². The van der Waals surface area contributed by atoms with Crippen LogP contribution in [0.25, 0.3) is 0 Å². The quantitative estimate of drug-likeness (QED) is 0.0128. The van der Waals surface area contributed by atoms with Gasteiger partial charge in [0.05, 0.1) is 26.4 Å². The SMILES string of the molecule is CCCCC/C=C\C/C=C\CCCCCCCC(=O)O[C@H](COC(=O)CCCCCCC/C=C\CCCCCCCC)COP(=O)(O)OC[C@@H](O)COP(=O)(O)OC[C@@H](COC(=O)CCCCCCC/C=C\CCCCCC)OC(=O)CCCCCCC/C=C\C=C/CCCCCC. The third kappa shape index (κ3) is 70.9. The molecule has 0 saturated heterocycles. The van der Waals surface area contributed by atoms with Crippen molar-refractivity contribution in [2.75, 3.05) is 39.6 Å². The van der Waals surface area contributed by atoms with Gasteiger partial charge in [0.1, 0.15) is 19.3 Å². The Bertz CT molecular complexity index is 2140. The molecule has 0 aromatic heterocycles. The maximum Gasteiger partial charge on any atom is 0.472 e. The van der Waals surface area contributed by atoms with Crippen molar-refractivity contribution >= 4 is 39.5 Å². The van der Waals surface area contributed by atoms with E-state index in [2.05, 4.69) is 101 Å². The second-order valence-corrected chi connectivity index (χ2v) is 29.2. The summed E-state index contributed by atoms with van der Waals surface area (Å²) in [7, 11) is -9.95. The van der Waals surface area contributed by atoms with Gasteiger partial charge in [-0.15, -0.1) is 0 Å². The van der Waals surface area contributed by atoms with Gasteiger partial charge < -0.3 is 33.8 Å². The molecule has 17 nitrogen and oxygen atoms in total. The van der Waals surface area contributed by atoms with Crippen molar-refractivity contribution in [2.45, 2.75) is 367 Å². The minimum atomic E-state index is -4.98. The number of carbonyl (C=O) groups excluding carboxylic acids is 4. The van der Waals surface area contributed by atoms with E-state index < -0.39 is 97.5 Å². The molecule has 0 amide bonds. The molecular formula is C79H142O17P2. The predicted molar refractivity (Wildman–Crippen MR) is 400 cm³/mol. The summed E-state index contributed by atoms with van der Waals surface area (Å²) >= 11 is 0. The summed E-state index contributed by atoms with van der Waals surface area (Å²) in [5.74, 6) is -2.20. The first-order valence-corrected chi connectivity index (χ1v) is 42.2. The zero-order valence-electron chi connectivity index (χ0n) is 62.2. The van der Waals surface area contributed by atoms with Crippen LogP contribution in [0.15, 0.2) is 72.9 Å². The van der Waals surface area contributed by atoms with E-state index in [-0.39, 0.29) is 25.7 Å². The van der Waals surface area contributed by atoms with Gasteiger partial charge >= 0.3 is 39.5 Å². The molecule has 0 aliphatic rings. The normalized spacial score (nSPS) is 14.3. The number of allylic oxidation sites excluding steroid dienone is 12. The Labute approximate surface area is 596 Å². The van der Waals surface area contributed by atoms with E-state index in [0.717, 1.165) is 161 Å². The predicted octanol–water partition coefficient (Wildman–Crippen LogP) is 22.4. The number of ether oxygens (including phenoxy) is 4. The van der Waals surface area contributed by atoms with Crippen molar-refractivity contribution < 1.29 is 80.2 Å². The fourth-order valence-electron chi connectivity index (χ4n) is 10.6. The van der Waals surface area contributed by atoms with Gasteiger partial charge in [0, 0.05) is 25.7 Å². The number of rotatable bonds is 74. The first-order valence-electron chi connectivity index (χ1n) is 39.2. The Balaban J connectivity index is 5.37. The van der Waals surface area contributed by atoms with E-state index in [1.165, 1.54) is 109 Å². The summed E-state index contributed by atoms with van der Waals surface area (Å²) in [6, 6.07) is 0. The largest absolute Gasteiger partial charge is 0.472 e. The number of esters is 4. The van der Waals surface area contributed by atoms with Gasteiger partial charge in [0.15, 0.2) is 12.2 Å². The smallest absolute Gasteiger partial charge is 0.462 e. The third-order valence-electron chi connectivity index (χ3n) is 16.6. The van der Waals surface area contributed by atoms with Crippen molar-refractivity contribution in [1.82, 2.24) is 0 Å². The van der Waals surface area contributed by atoms with Crippen molar-refractivity contribution in [3.8, 4) is 0 Å². The Morgan fingerprint density at radius 2 is 0.531 bits per heavy atom. The van der Waals surface area contributed by atoms with Crippen molar-refractivity contribution in [1.29, 1.82) is 0 Å². The molecule has 0 aliphatic heterocycles.